The van der Waals surface area contributed by atoms with Crippen LogP contribution in [0.1, 0.15) is 37.7 Å². The molecular weight excluding hydrogens is 278 g/mol. The molecule has 108 valence electrons. The lowest BCUT2D eigenvalue weighted by molar-refractivity contribution is -0.145. The molecular formula is C15H18FO3P. The van der Waals surface area contributed by atoms with Crippen LogP contribution < -0.4 is 10.0 Å². The Hall–Kier alpha value is -1.15. The molecule has 0 amide bonds. The Balaban J connectivity index is 2.14. The van der Waals surface area contributed by atoms with Gasteiger partial charge in [-0.25, -0.2) is 4.39 Å². The van der Waals surface area contributed by atoms with Gasteiger partial charge in [0.25, 0.3) is 0 Å². The van der Waals surface area contributed by atoms with Crippen molar-refractivity contribution in [2.75, 3.05) is 7.11 Å². The topological polar surface area (TPSA) is 46.5 Å². The fraction of sp³-hybridized carbons (Fsp3) is 0.533. The molecule has 5 heteroatoms. The fourth-order valence-electron chi connectivity index (χ4n) is 4.03. The first-order chi connectivity index (χ1) is 9.48. The van der Waals surface area contributed by atoms with E-state index < -0.39 is 11.4 Å². The number of carbonyl (C=O) groups is 1. The van der Waals surface area contributed by atoms with Crippen molar-refractivity contribution in [1.29, 1.82) is 0 Å². The van der Waals surface area contributed by atoms with Gasteiger partial charge in [-0.15, -0.1) is 0 Å². The second kappa shape index (κ2) is 4.42. The number of hydrogen-bond donors (Lipinski definition) is 1. The average Bonchev–Trinajstić information content (AvgIpc) is 3.13. The molecule has 0 aliphatic heterocycles. The van der Waals surface area contributed by atoms with Gasteiger partial charge in [-0.05, 0) is 25.3 Å². The highest BCUT2D eigenvalue weighted by molar-refractivity contribution is 7.27. The first-order valence-corrected chi connectivity index (χ1v) is 7.42. The Morgan fingerprint density at radius 3 is 2.75 bits per heavy atom. The van der Waals surface area contributed by atoms with Gasteiger partial charge in [0, 0.05) is 16.3 Å². The van der Waals surface area contributed by atoms with Gasteiger partial charge in [0.15, 0.2) is 0 Å². The van der Waals surface area contributed by atoms with Crippen molar-refractivity contribution in [3.05, 3.63) is 23.5 Å². The predicted molar refractivity (Wildman–Crippen MR) is 77.1 cm³/mol. The number of ether oxygens (including phenoxy) is 1. The summed E-state index contributed by atoms with van der Waals surface area (Å²) in [7, 11) is 3.87. The molecule has 3 atom stereocenters. The molecule has 1 aromatic carbocycles. The van der Waals surface area contributed by atoms with E-state index in [-0.39, 0.29) is 11.2 Å². The molecule has 0 aromatic heterocycles. The van der Waals surface area contributed by atoms with Gasteiger partial charge in [-0.3, -0.25) is 4.79 Å². The van der Waals surface area contributed by atoms with Crippen molar-refractivity contribution in [1.82, 2.24) is 0 Å². The maximum atomic E-state index is 13.7. The summed E-state index contributed by atoms with van der Waals surface area (Å²) in [6.45, 7) is 0. The highest BCUT2D eigenvalue weighted by Crippen LogP contribution is 2.73. The number of fused-ring (bicyclic) bond motifs is 1. The first-order valence-electron chi connectivity index (χ1n) is 6.84. The van der Waals surface area contributed by atoms with Crippen LogP contribution in [0.4, 0.5) is 4.39 Å². The molecule has 2 fully saturated rings. The van der Waals surface area contributed by atoms with Gasteiger partial charge < -0.3 is 9.84 Å². The molecule has 2 aliphatic rings. The average molecular weight is 296 g/mol. The number of aliphatic carboxylic acids is 1. The number of hydrogen-bond acceptors (Lipinski definition) is 2. The quantitative estimate of drug-likeness (QED) is 0.872. The molecule has 2 aliphatic carbocycles. The Bertz CT molecular complexity index is 589. The highest BCUT2D eigenvalue weighted by atomic mass is 31.0. The zero-order valence-corrected chi connectivity index (χ0v) is 12.6. The molecule has 1 aromatic rings. The lowest BCUT2D eigenvalue weighted by Gasteiger charge is -2.29. The molecule has 3 nitrogen and oxygen atoms in total. The summed E-state index contributed by atoms with van der Waals surface area (Å²) in [5, 5.41) is 10.0. The molecule has 1 N–H and O–H groups in total. The van der Waals surface area contributed by atoms with Gasteiger partial charge >= 0.3 is 5.97 Å². The molecule has 3 rings (SSSR count). The minimum Gasteiger partial charge on any atom is -0.496 e. The summed E-state index contributed by atoms with van der Waals surface area (Å²) >= 11 is 0. The third-order valence-electron chi connectivity index (χ3n) is 5.12. The Kier molecular flexibility index (Phi) is 3.06. The van der Waals surface area contributed by atoms with Crippen molar-refractivity contribution in [2.45, 2.75) is 37.5 Å². The third kappa shape index (κ3) is 1.57. The standard InChI is InChI=1S/C15H18FO3P/c1-19-11-9(4-5-10(16)12(11)20)14-6-2-3-7-15(14,8-14)13(17)18/h4-5H,2-3,6-8,20H2,1H3,(H,17,18). The number of carboxylic acids is 1. The van der Waals surface area contributed by atoms with Crippen molar-refractivity contribution in [2.24, 2.45) is 5.41 Å². The second-order valence-electron chi connectivity index (χ2n) is 5.90. The van der Waals surface area contributed by atoms with E-state index >= 15 is 0 Å². The summed E-state index contributed by atoms with van der Waals surface area (Å²) in [5.41, 5.74) is -0.192. The van der Waals surface area contributed by atoms with Crippen LogP contribution in [0.15, 0.2) is 12.1 Å². The fourth-order valence-corrected chi connectivity index (χ4v) is 4.40. The highest BCUT2D eigenvalue weighted by Gasteiger charge is 2.73. The van der Waals surface area contributed by atoms with Crippen molar-refractivity contribution < 1.29 is 19.0 Å². The van der Waals surface area contributed by atoms with E-state index in [4.69, 9.17) is 4.74 Å². The Labute approximate surface area is 119 Å². The first kappa shape index (κ1) is 13.8. The van der Waals surface area contributed by atoms with E-state index in [1.165, 1.54) is 13.2 Å². The van der Waals surface area contributed by atoms with Crippen molar-refractivity contribution in [3.63, 3.8) is 0 Å². The SMILES string of the molecule is COc1c(C23CCCCC2(C(=O)O)C3)ccc(F)c1P. The van der Waals surface area contributed by atoms with Crippen LogP contribution in [-0.2, 0) is 10.2 Å². The van der Waals surface area contributed by atoms with E-state index in [1.807, 2.05) is 0 Å². The molecule has 0 saturated heterocycles. The van der Waals surface area contributed by atoms with Gasteiger partial charge in [-0.2, -0.15) is 0 Å². The van der Waals surface area contributed by atoms with Gasteiger partial charge in [-0.1, -0.05) is 28.1 Å². The smallest absolute Gasteiger partial charge is 0.310 e. The van der Waals surface area contributed by atoms with Crippen LogP contribution in [0.3, 0.4) is 0 Å². The molecule has 2 saturated carbocycles. The number of benzene rings is 1. The van der Waals surface area contributed by atoms with Crippen LogP contribution in [0.25, 0.3) is 0 Å². The molecule has 20 heavy (non-hydrogen) atoms. The second-order valence-corrected chi connectivity index (χ2v) is 6.47. The van der Waals surface area contributed by atoms with Crippen molar-refractivity contribution >= 4 is 20.5 Å². The van der Waals surface area contributed by atoms with Crippen LogP contribution >= 0.6 is 9.24 Å². The van der Waals surface area contributed by atoms with Crippen LogP contribution in [0, 0.1) is 11.2 Å². The molecule has 3 unspecified atom stereocenters. The summed E-state index contributed by atoms with van der Waals surface area (Å²) in [6.07, 6.45) is 4.15. The maximum absolute atomic E-state index is 13.7. The van der Waals surface area contributed by atoms with E-state index in [9.17, 15) is 14.3 Å². The largest absolute Gasteiger partial charge is 0.496 e. The normalized spacial score (nSPS) is 31.6. The van der Waals surface area contributed by atoms with Crippen molar-refractivity contribution in [3.8, 4) is 5.75 Å². The van der Waals surface area contributed by atoms with Gasteiger partial charge in [0.05, 0.1) is 12.5 Å². The van der Waals surface area contributed by atoms with Crippen LogP contribution in [-0.4, -0.2) is 18.2 Å². The van der Waals surface area contributed by atoms with Crippen LogP contribution in [0.5, 0.6) is 5.75 Å². The monoisotopic (exact) mass is 296 g/mol. The number of halogens is 1. The molecule has 0 radical (unpaired) electrons. The number of methoxy groups -OCH3 is 1. The number of rotatable bonds is 3. The van der Waals surface area contributed by atoms with Gasteiger partial charge in [0.1, 0.15) is 11.6 Å². The minimum absolute atomic E-state index is 0.343. The van der Waals surface area contributed by atoms with E-state index in [2.05, 4.69) is 9.24 Å². The predicted octanol–water partition coefficient (Wildman–Crippen LogP) is 2.62. The van der Waals surface area contributed by atoms with Crippen LogP contribution in [0.2, 0.25) is 0 Å². The maximum Gasteiger partial charge on any atom is 0.310 e. The minimum atomic E-state index is -0.728. The van der Waals surface area contributed by atoms with E-state index in [1.54, 1.807) is 6.07 Å². The Morgan fingerprint density at radius 2 is 2.10 bits per heavy atom. The molecule has 0 spiro atoms. The molecule has 0 bridgehead atoms. The zero-order chi connectivity index (χ0) is 14.5. The lowest BCUT2D eigenvalue weighted by atomic mass is 9.75. The van der Waals surface area contributed by atoms with E-state index in [0.29, 0.717) is 23.9 Å². The van der Waals surface area contributed by atoms with Gasteiger partial charge in [0.2, 0.25) is 0 Å². The summed E-state index contributed by atoms with van der Waals surface area (Å²) in [6, 6.07) is 3.12. The summed E-state index contributed by atoms with van der Waals surface area (Å²) in [5.74, 6) is -0.585. The zero-order valence-electron chi connectivity index (χ0n) is 11.4. The Morgan fingerprint density at radius 1 is 1.40 bits per heavy atom. The third-order valence-corrected chi connectivity index (χ3v) is 5.66. The number of carboxylic acid groups (broad SMARTS) is 1. The molecule has 0 heterocycles. The summed E-state index contributed by atoms with van der Waals surface area (Å²) < 4.78 is 19.1. The van der Waals surface area contributed by atoms with E-state index in [0.717, 1.165) is 24.8 Å². The summed E-state index contributed by atoms with van der Waals surface area (Å²) in [4.78, 5) is 11.7. The lowest BCUT2D eigenvalue weighted by Crippen LogP contribution is -2.30.